The smallest absolute Gasteiger partial charge is 0.338 e. The molecule has 12 nitrogen and oxygen atoms in total. The molecule has 12 heteroatoms. The van der Waals surface area contributed by atoms with E-state index >= 15 is 0 Å². The molecule has 0 amide bonds. The Morgan fingerprint density at radius 3 is 2.07 bits per heavy atom. The Bertz CT molecular complexity index is 1350. The highest BCUT2D eigenvalue weighted by Gasteiger charge is 2.88. The van der Waals surface area contributed by atoms with Crippen LogP contribution in [0, 0.1) is 11.3 Å². The van der Waals surface area contributed by atoms with Gasteiger partial charge in [0.05, 0.1) is 17.2 Å². The van der Waals surface area contributed by atoms with E-state index in [-0.39, 0.29) is 24.0 Å². The van der Waals surface area contributed by atoms with Crippen molar-refractivity contribution in [2.24, 2.45) is 11.3 Å². The van der Waals surface area contributed by atoms with E-state index in [9.17, 15) is 34.8 Å². The monoisotopic (exact) mass is 584 g/mol. The van der Waals surface area contributed by atoms with Crippen LogP contribution in [0.4, 0.5) is 0 Å². The average Bonchev–Trinajstić information content (AvgIpc) is 3.05. The van der Waals surface area contributed by atoms with Crippen LogP contribution in [0.1, 0.15) is 40.5 Å². The van der Waals surface area contributed by atoms with Crippen molar-refractivity contribution < 1.29 is 58.5 Å². The zero-order valence-electron chi connectivity index (χ0n) is 22.7. The maximum absolute atomic E-state index is 13.5. The summed E-state index contributed by atoms with van der Waals surface area (Å²) in [7, 11) is 0. The number of rotatable bonds is 8. The predicted octanol–water partition coefficient (Wildman–Crippen LogP) is 0.350. The van der Waals surface area contributed by atoms with Gasteiger partial charge in [-0.15, -0.1) is 0 Å². The third-order valence-corrected chi connectivity index (χ3v) is 9.28. The number of carbonyl (C=O) groups excluding carboxylic acids is 3. The van der Waals surface area contributed by atoms with E-state index in [1.165, 1.54) is 0 Å². The molecule has 0 spiro atoms. The van der Waals surface area contributed by atoms with Gasteiger partial charge >= 0.3 is 17.9 Å². The minimum atomic E-state index is -1.76. The Morgan fingerprint density at radius 1 is 0.857 bits per heavy atom. The molecular formula is C30H32O12. The molecule has 2 aromatic rings. The summed E-state index contributed by atoms with van der Waals surface area (Å²) < 4.78 is 28.8. The maximum atomic E-state index is 13.5. The summed E-state index contributed by atoms with van der Waals surface area (Å²) >= 11 is 0. The first-order valence-electron chi connectivity index (χ1n) is 13.8. The number of hydrogen-bond donors (Lipinski definition) is 4. The van der Waals surface area contributed by atoms with Crippen LogP contribution in [0.5, 0.6) is 0 Å². The van der Waals surface area contributed by atoms with E-state index in [4.69, 9.17) is 23.7 Å². The molecule has 2 aliphatic heterocycles. The summed E-state index contributed by atoms with van der Waals surface area (Å²) in [6.07, 6.45) is -8.87. The largest absolute Gasteiger partial charge is 0.461 e. The Hall–Kier alpha value is -3.39. The quantitative estimate of drug-likeness (QED) is 0.248. The van der Waals surface area contributed by atoms with Gasteiger partial charge in [0.15, 0.2) is 6.29 Å². The second kappa shape index (κ2) is 10.4. The number of hydrogen-bond acceptors (Lipinski definition) is 12. The number of carbonyl (C=O) groups is 3. The minimum absolute atomic E-state index is 0.0178. The van der Waals surface area contributed by atoms with Gasteiger partial charge in [-0.25, -0.2) is 9.59 Å². The molecule has 8 unspecified atom stereocenters. The summed E-state index contributed by atoms with van der Waals surface area (Å²) in [6, 6.07) is 16.3. The third kappa shape index (κ3) is 4.16. The predicted molar refractivity (Wildman–Crippen MR) is 140 cm³/mol. The molecule has 0 radical (unpaired) electrons. The van der Waals surface area contributed by atoms with Gasteiger partial charge in [-0.1, -0.05) is 36.4 Å². The van der Waals surface area contributed by atoms with Gasteiger partial charge in [-0.05, 0) is 37.6 Å². The second-order valence-corrected chi connectivity index (χ2v) is 11.5. The number of esters is 3. The van der Waals surface area contributed by atoms with E-state index in [1.807, 2.05) is 0 Å². The van der Waals surface area contributed by atoms with Crippen LogP contribution in [0.25, 0.3) is 0 Å². The standard InChI is InChI=1S/C30H32O12/c1-28-13-19(31)18-12-30(28,29(18,27(37)42-28)15-39-25(36)17-10-6-3-7-11-17)41-26-23(34)22(33)21(32)20(40-26)14-38-24(35)16-8-4-2-5-9-16/h2-11,18-23,26,31-34H,12-15H2,1H3/t18?,19-,20?,21?,22?,23?,26?,28+,29?,30?/m1/s1. The number of aliphatic hydroxyl groups excluding tert-OH is 4. The molecule has 3 aliphatic carbocycles. The van der Waals surface area contributed by atoms with E-state index in [2.05, 4.69) is 0 Å². The van der Waals surface area contributed by atoms with Gasteiger partial charge in [0.2, 0.25) is 0 Å². The molecule has 4 N–H and O–H groups in total. The minimum Gasteiger partial charge on any atom is -0.461 e. The SMILES string of the molecule is C[C@]12C[C@@H](O)C3CC1(OC1OC(COC(=O)c4ccccc4)C(O)C(O)C1O)C3(COC(=O)c1ccccc1)C(=O)O2. The Morgan fingerprint density at radius 2 is 1.45 bits per heavy atom. The van der Waals surface area contributed by atoms with Crippen LogP contribution in [-0.2, 0) is 28.5 Å². The van der Waals surface area contributed by atoms with E-state index in [1.54, 1.807) is 67.6 Å². The summed E-state index contributed by atoms with van der Waals surface area (Å²) in [6.45, 7) is 0.645. The molecule has 224 valence electrons. The van der Waals surface area contributed by atoms with Gasteiger partial charge < -0.3 is 44.1 Å². The summed E-state index contributed by atoms with van der Waals surface area (Å²) in [5.74, 6) is -2.77. The highest BCUT2D eigenvalue weighted by molar-refractivity contribution is 5.91. The Kier molecular flexibility index (Phi) is 7.11. The van der Waals surface area contributed by atoms with Crippen molar-refractivity contribution in [1.82, 2.24) is 0 Å². The van der Waals surface area contributed by atoms with E-state index in [0.717, 1.165) is 0 Å². The van der Waals surface area contributed by atoms with Crippen molar-refractivity contribution in [3.05, 3.63) is 71.8 Å². The van der Waals surface area contributed by atoms with Crippen LogP contribution in [0.3, 0.4) is 0 Å². The van der Waals surface area contributed by atoms with Gasteiger partial charge in [0.25, 0.3) is 0 Å². The van der Waals surface area contributed by atoms with Crippen LogP contribution >= 0.6 is 0 Å². The highest BCUT2D eigenvalue weighted by atomic mass is 16.7. The molecule has 42 heavy (non-hydrogen) atoms. The number of fused-ring (bicyclic) bond motifs is 1. The molecular weight excluding hydrogens is 552 g/mol. The number of benzene rings is 2. The summed E-state index contributed by atoms with van der Waals surface area (Å²) in [4.78, 5) is 38.7. The fourth-order valence-corrected chi connectivity index (χ4v) is 6.99. The lowest BCUT2D eigenvalue weighted by atomic mass is 9.40. The molecule has 0 aromatic heterocycles. The summed E-state index contributed by atoms with van der Waals surface area (Å²) in [5.41, 5.74) is -4.00. The van der Waals surface area contributed by atoms with Gasteiger partial charge in [0, 0.05) is 12.3 Å². The first kappa shape index (κ1) is 28.7. The molecule has 3 saturated carbocycles. The lowest BCUT2D eigenvalue weighted by molar-refractivity contribution is -0.394. The van der Waals surface area contributed by atoms with E-state index < -0.39 is 90.5 Å². The third-order valence-electron chi connectivity index (χ3n) is 9.28. The van der Waals surface area contributed by atoms with Gasteiger partial charge in [0.1, 0.15) is 54.2 Å². The van der Waals surface area contributed by atoms with Crippen molar-refractivity contribution in [1.29, 1.82) is 0 Å². The highest BCUT2D eigenvalue weighted by Crippen LogP contribution is 2.73. The zero-order valence-corrected chi connectivity index (χ0v) is 22.7. The van der Waals surface area contributed by atoms with E-state index in [0.29, 0.717) is 0 Å². The second-order valence-electron chi connectivity index (χ2n) is 11.5. The first-order chi connectivity index (χ1) is 20.0. The topological polar surface area (TPSA) is 178 Å². The van der Waals surface area contributed by atoms with Gasteiger partial charge in [-0.2, -0.15) is 0 Å². The molecule has 2 heterocycles. The van der Waals surface area contributed by atoms with Gasteiger partial charge in [-0.3, -0.25) is 4.79 Å². The van der Waals surface area contributed by atoms with Crippen molar-refractivity contribution >= 4 is 17.9 Å². The Balaban J connectivity index is 1.24. The van der Waals surface area contributed by atoms with Crippen molar-refractivity contribution in [2.45, 2.75) is 67.8 Å². The molecule has 2 saturated heterocycles. The average molecular weight is 585 g/mol. The molecule has 7 rings (SSSR count). The molecule has 10 atom stereocenters. The van der Waals surface area contributed by atoms with Crippen LogP contribution in [0.2, 0.25) is 0 Å². The van der Waals surface area contributed by atoms with Crippen molar-refractivity contribution in [3.8, 4) is 0 Å². The lowest BCUT2D eigenvalue weighted by Gasteiger charge is -2.66. The fraction of sp³-hybridized carbons (Fsp3) is 0.500. The zero-order chi connectivity index (χ0) is 29.9. The van der Waals surface area contributed by atoms with Crippen molar-refractivity contribution in [3.63, 3.8) is 0 Å². The van der Waals surface area contributed by atoms with Crippen LogP contribution in [-0.4, -0.2) is 99.6 Å². The summed E-state index contributed by atoms with van der Waals surface area (Å²) in [5, 5.41) is 43.0. The molecule has 5 fully saturated rings. The first-order valence-corrected chi connectivity index (χ1v) is 13.8. The molecule has 4 bridgehead atoms. The van der Waals surface area contributed by atoms with Crippen LogP contribution in [0.15, 0.2) is 60.7 Å². The number of ether oxygens (including phenoxy) is 5. The Labute approximate surface area is 240 Å². The molecule has 2 aromatic carbocycles. The van der Waals surface area contributed by atoms with Crippen LogP contribution < -0.4 is 0 Å². The fourth-order valence-electron chi connectivity index (χ4n) is 6.99. The maximum Gasteiger partial charge on any atom is 0.338 e. The number of aliphatic hydroxyl groups is 4. The van der Waals surface area contributed by atoms with Crippen molar-refractivity contribution in [2.75, 3.05) is 13.2 Å². The normalized spacial score (nSPS) is 40.0. The molecule has 5 aliphatic rings. The lowest BCUT2D eigenvalue weighted by Crippen LogP contribution is -2.80.